The van der Waals surface area contributed by atoms with E-state index in [4.69, 9.17) is 11.5 Å². The van der Waals surface area contributed by atoms with E-state index in [9.17, 15) is 4.79 Å². The van der Waals surface area contributed by atoms with Crippen molar-refractivity contribution >= 4 is 17.3 Å². The van der Waals surface area contributed by atoms with Gasteiger partial charge in [0, 0.05) is 30.5 Å². The van der Waals surface area contributed by atoms with Gasteiger partial charge in [-0.2, -0.15) is 0 Å². The topological polar surface area (TPSA) is 72.3 Å². The second-order valence-corrected chi connectivity index (χ2v) is 4.52. The van der Waals surface area contributed by atoms with Crippen LogP contribution in [0.4, 0.5) is 11.4 Å². The minimum atomic E-state index is -0.409. The Kier molecular flexibility index (Phi) is 3.71. The van der Waals surface area contributed by atoms with E-state index >= 15 is 0 Å². The maximum atomic E-state index is 11.1. The number of primary amides is 1. The van der Waals surface area contributed by atoms with E-state index in [2.05, 4.69) is 4.90 Å². The molecule has 0 bridgehead atoms. The summed E-state index contributed by atoms with van der Waals surface area (Å²) in [5.74, 6) is -0.409. The van der Waals surface area contributed by atoms with Crippen LogP contribution in [0.1, 0.15) is 15.9 Å². The number of carbonyl (C=O) groups is 1. The van der Waals surface area contributed by atoms with Crippen molar-refractivity contribution in [2.45, 2.75) is 6.54 Å². The maximum absolute atomic E-state index is 11.1. The highest BCUT2D eigenvalue weighted by Crippen LogP contribution is 2.18. The quantitative estimate of drug-likeness (QED) is 0.821. The van der Waals surface area contributed by atoms with Crippen molar-refractivity contribution < 1.29 is 4.79 Å². The highest BCUT2D eigenvalue weighted by Gasteiger charge is 2.05. The molecule has 4 heteroatoms. The molecule has 0 saturated carbocycles. The predicted molar refractivity (Wildman–Crippen MR) is 77.9 cm³/mol. The first-order valence-corrected chi connectivity index (χ1v) is 6.01. The Labute approximate surface area is 112 Å². The van der Waals surface area contributed by atoms with Crippen molar-refractivity contribution in [1.82, 2.24) is 0 Å². The number of rotatable bonds is 4. The molecule has 0 aromatic heterocycles. The molecule has 98 valence electrons. The third-order valence-corrected chi connectivity index (χ3v) is 2.94. The average Bonchev–Trinajstić information content (AvgIpc) is 2.39. The summed E-state index contributed by atoms with van der Waals surface area (Å²) in [6.07, 6.45) is 0. The van der Waals surface area contributed by atoms with Crippen molar-refractivity contribution in [3.05, 3.63) is 59.7 Å². The molecule has 2 rings (SSSR count). The number of anilines is 2. The van der Waals surface area contributed by atoms with Gasteiger partial charge in [-0.1, -0.05) is 18.2 Å². The van der Waals surface area contributed by atoms with Gasteiger partial charge in [-0.15, -0.1) is 0 Å². The van der Waals surface area contributed by atoms with Gasteiger partial charge in [0.25, 0.3) is 0 Å². The molecular formula is C15H17N3O. The second kappa shape index (κ2) is 5.44. The molecule has 0 aliphatic carbocycles. The van der Waals surface area contributed by atoms with Crippen molar-refractivity contribution in [1.29, 1.82) is 0 Å². The first kappa shape index (κ1) is 13.0. The lowest BCUT2D eigenvalue weighted by atomic mass is 10.1. The van der Waals surface area contributed by atoms with Crippen LogP contribution in [0.15, 0.2) is 48.5 Å². The molecule has 0 saturated heterocycles. The van der Waals surface area contributed by atoms with E-state index in [0.717, 1.165) is 16.9 Å². The number of nitrogens with zero attached hydrogens (tertiary/aromatic N) is 1. The molecule has 0 unspecified atom stereocenters. The summed E-state index contributed by atoms with van der Waals surface area (Å²) in [5.41, 5.74) is 14.4. The van der Waals surface area contributed by atoms with Crippen LogP contribution >= 0.6 is 0 Å². The van der Waals surface area contributed by atoms with Gasteiger partial charge in [0.15, 0.2) is 0 Å². The van der Waals surface area contributed by atoms with E-state index in [1.165, 1.54) is 0 Å². The van der Waals surface area contributed by atoms with E-state index in [1.807, 2.05) is 49.5 Å². The molecule has 2 aromatic rings. The molecule has 0 atom stereocenters. The first-order valence-electron chi connectivity index (χ1n) is 6.01. The SMILES string of the molecule is CN(Cc1cccc(C(N)=O)c1)c1cccc(N)c1. The van der Waals surface area contributed by atoms with E-state index in [0.29, 0.717) is 12.1 Å². The summed E-state index contributed by atoms with van der Waals surface area (Å²) >= 11 is 0. The number of nitrogens with two attached hydrogens (primary N) is 2. The smallest absolute Gasteiger partial charge is 0.248 e. The molecule has 4 N–H and O–H groups in total. The first-order chi connectivity index (χ1) is 9.06. The highest BCUT2D eigenvalue weighted by atomic mass is 16.1. The Hall–Kier alpha value is -2.49. The van der Waals surface area contributed by atoms with Crippen LogP contribution in [0.3, 0.4) is 0 Å². The Morgan fingerprint density at radius 1 is 1.16 bits per heavy atom. The van der Waals surface area contributed by atoms with Crippen molar-refractivity contribution in [2.75, 3.05) is 17.7 Å². The third-order valence-electron chi connectivity index (χ3n) is 2.94. The fourth-order valence-corrected chi connectivity index (χ4v) is 1.95. The van der Waals surface area contributed by atoms with Crippen LogP contribution in [0.25, 0.3) is 0 Å². The van der Waals surface area contributed by atoms with Gasteiger partial charge in [-0.05, 0) is 35.9 Å². The minimum absolute atomic E-state index is 0.409. The van der Waals surface area contributed by atoms with Gasteiger partial charge < -0.3 is 16.4 Å². The van der Waals surface area contributed by atoms with Crippen LogP contribution in [0.5, 0.6) is 0 Å². The zero-order valence-electron chi connectivity index (χ0n) is 10.8. The van der Waals surface area contributed by atoms with E-state index < -0.39 is 5.91 Å². The Morgan fingerprint density at radius 2 is 1.89 bits per heavy atom. The Morgan fingerprint density at radius 3 is 2.58 bits per heavy atom. The average molecular weight is 255 g/mol. The molecule has 0 aliphatic heterocycles. The number of nitrogen functional groups attached to an aromatic ring is 1. The summed E-state index contributed by atoms with van der Waals surface area (Å²) in [6, 6.07) is 15.0. The third kappa shape index (κ3) is 3.25. The maximum Gasteiger partial charge on any atom is 0.248 e. The van der Waals surface area contributed by atoms with Gasteiger partial charge in [0.2, 0.25) is 5.91 Å². The number of amides is 1. The summed E-state index contributed by atoms with van der Waals surface area (Å²) in [6.45, 7) is 0.685. The standard InChI is InChI=1S/C15H17N3O/c1-18(14-7-3-6-13(16)9-14)10-11-4-2-5-12(8-11)15(17)19/h2-9H,10,16H2,1H3,(H2,17,19). The van der Waals surface area contributed by atoms with Crippen molar-refractivity contribution in [3.8, 4) is 0 Å². The summed E-state index contributed by atoms with van der Waals surface area (Å²) in [7, 11) is 1.98. The molecule has 0 radical (unpaired) electrons. The van der Waals surface area contributed by atoms with Gasteiger partial charge in [-0.3, -0.25) is 4.79 Å². The van der Waals surface area contributed by atoms with E-state index in [1.54, 1.807) is 6.07 Å². The van der Waals surface area contributed by atoms with E-state index in [-0.39, 0.29) is 0 Å². The number of carbonyl (C=O) groups excluding carboxylic acids is 1. The summed E-state index contributed by atoms with van der Waals surface area (Å²) in [5, 5.41) is 0. The van der Waals surface area contributed by atoms with Crippen LogP contribution in [-0.2, 0) is 6.54 Å². The number of hydrogen-bond acceptors (Lipinski definition) is 3. The molecule has 0 heterocycles. The molecule has 0 spiro atoms. The number of benzene rings is 2. The van der Waals surface area contributed by atoms with Crippen molar-refractivity contribution in [3.63, 3.8) is 0 Å². The molecular weight excluding hydrogens is 238 g/mol. The molecule has 0 fully saturated rings. The molecule has 0 aliphatic rings. The Bertz CT molecular complexity index is 595. The lowest BCUT2D eigenvalue weighted by Crippen LogP contribution is -2.17. The second-order valence-electron chi connectivity index (χ2n) is 4.52. The van der Waals surface area contributed by atoms with Gasteiger partial charge in [0.05, 0.1) is 0 Å². The highest BCUT2D eigenvalue weighted by molar-refractivity contribution is 5.92. The normalized spacial score (nSPS) is 10.2. The van der Waals surface area contributed by atoms with Crippen LogP contribution in [0, 0.1) is 0 Å². The molecule has 19 heavy (non-hydrogen) atoms. The predicted octanol–water partition coefficient (Wildman–Crippen LogP) is 2.00. The molecule has 1 amide bonds. The zero-order valence-corrected chi connectivity index (χ0v) is 10.8. The summed E-state index contributed by atoms with van der Waals surface area (Å²) < 4.78 is 0. The lowest BCUT2D eigenvalue weighted by Gasteiger charge is -2.20. The monoisotopic (exact) mass is 255 g/mol. The summed E-state index contributed by atoms with van der Waals surface area (Å²) in [4.78, 5) is 13.2. The van der Waals surface area contributed by atoms with Crippen LogP contribution in [0.2, 0.25) is 0 Å². The Balaban J connectivity index is 2.17. The van der Waals surface area contributed by atoms with Gasteiger partial charge in [-0.25, -0.2) is 0 Å². The fraction of sp³-hybridized carbons (Fsp3) is 0.133. The number of hydrogen-bond donors (Lipinski definition) is 2. The molecule has 2 aromatic carbocycles. The van der Waals surface area contributed by atoms with Crippen molar-refractivity contribution in [2.24, 2.45) is 5.73 Å². The molecule has 4 nitrogen and oxygen atoms in total. The van der Waals surface area contributed by atoms with Crippen LogP contribution in [-0.4, -0.2) is 13.0 Å². The minimum Gasteiger partial charge on any atom is -0.399 e. The largest absolute Gasteiger partial charge is 0.399 e. The van der Waals surface area contributed by atoms with Gasteiger partial charge >= 0.3 is 0 Å². The van der Waals surface area contributed by atoms with Crippen LogP contribution < -0.4 is 16.4 Å². The van der Waals surface area contributed by atoms with Gasteiger partial charge in [0.1, 0.15) is 0 Å². The zero-order chi connectivity index (χ0) is 13.8. The lowest BCUT2D eigenvalue weighted by molar-refractivity contribution is 0.1000. The fourth-order valence-electron chi connectivity index (χ4n) is 1.95.